The average Bonchev–Trinajstić information content (AvgIpc) is 2.78. The second-order valence-electron chi connectivity index (χ2n) is 5.33. The van der Waals surface area contributed by atoms with E-state index >= 15 is 0 Å². The van der Waals surface area contributed by atoms with Gasteiger partial charge in [-0.1, -0.05) is 18.2 Å². The van der Waals surface area contributed by atoms with Crippen LogP contribution in [0.3, 0.4) is 0 Å². The van der Waals surface area contributed by atoms with Gasteiger partial charge in [0.2, 0.25) is 5.91 Å². The number of amides is 1. The van der Waals surface area contributed by atoms with E-state index in [1.54, 1.807) is 0 Å². The van der Waals surface area contributed by atoms with Crippen molar-refractivity contribution in [1.29, 1.82) is 0 Å². The van der Waals surface area contributed by atoms with Crippen LogP contribution in [0.4, 0.5) is 0 Å². The zero-order valence-electron chi connectivity index (χ0n) is 10.9. The molecule has 4 N–H and O–H groups in total. The molecule has 0 bridgehead atoms. The highest BCUT2D eigenvalue weighted by atomic mass is 16.1. The largest absolute Gasteiger partial charge is 0.361 e. The number of hydrogen-bond acceptors (Lipinski definition) is 2. The Morgan fingerprint density at radius 3 is 2.95 bits per heavy atom. The molecule has 4 nitrogen and oxygen atoms in total. The van der Waals surface area contributed by atoms with E-state index in [0.29, 0.717) is 19.5 Å². The molecule has 1 atom stereocenters. The minimum absolute atomic E-state index is 0.0984. The standard InChI is InChI=1S/C15H19N3O/c16-10-15(6-5-14(19)17-8-7-15)12-9-18-13-4-2-1-3-11(12)13/h1-4,9,18H,5-8,10,16H2,(H,17,19). The summed E-state index contributed by atoms with van der Waals surface area (Å²) in [6.07, 6.45) is 4.33. The molecule has 2 heterocycles. The van der Waals surface area contributed by atoms with Crippen LogP contribution in [0.25, 0.3) is 10.9 Å². The highest BCUT2D eigenvalue weighted by molar-refractivity contribution is 5.84. The van der Waals surface area contributed by atoms with Crippen LogP contribution in [0.15, 0.2) is 30.5 Å². The normalized spacial score (nSPS) is 24.2. The van der Waals surface area contributed by atoms with Gasteiger partial charge in [-0.25, -0.2) is 0 Å². The molecule has 0 spiro atoms. The molecule has 0 aliphatic carbocycles. The predicted molar refractivity (Wildman–Crippen MR) is 75.9 cm³/mol. The minimum Gasteiger partial charge on any atom is -0.361 e. The summed E-state index contributed by atoms with van der Waals surface area (Å²) in [4.78, 5) is 14.9. The molecule has 3 rings (SSSR count). The number of H-pyrrole nitrogens is 1. The van der Waals surface area contributed by atoms with Crippen molar-refractivity contribution in [1.82, 2.24) is 10.3 Å². The molecule has 1 amide bonds. The number of hydrogen-bond donors (Lipinski definition) is 3. The van der Waals surface area contributed by atoms with Gasteiger partial charge < -0.3 is 16.0 Å². The summed E-state index contributed by atoms with van der Waals surface area (Å²) in [5.41, 5.74) is 8.37. The van der Waals surface area contributed by atoms with E-state index < -0.39 is 0 Å². The highest BCUT2D eigenvalue weighted by Crippen LogP contribution is 2.37. The number of nitrogens with two attached hydrogens (primary N) is 1. The quantitative estimate of drug-likeness (QED) is 0.765. The van der Waals surface area contributed by atoms with Crippen LogP contribution in [0.5, 0.6) is 0 Å². The van der Waals surface area contributed by atoms with Gasteiger partial charge in [-0.05, 0) is 24.5 Å². The van der Waals surface area contributed by atoms with Crippen LogP contribution < -0.4 is 11.1 Å². The molecule has 1 aromatic heterocycles. The Morgan fingerprint density at radius 1 is 1.26 bits per heavy atom. The predicted octanol–water partition coefficient (Wildman–Crippen LogP) is 1.66. The van der Waals surface area contributed by atoms with Crippen molar-refractivity contribution < 1.29 is 4.79 Å². The number of nitrogens with one attached hydrogen (secondary N) is 2. The lowest BCUT2D eigenvalue weighted by molar-refractivity contribution is -0.120. The minimum atomic E-state index is -0.0984. The zero-order valence-corrected chi connectivity index (χ0v) is 10.9. The van der Waals surface area contributed by atoms with Gasteiger partial charge in [0.15, 0.2) is 0 Å². The number of benzene rings is 1. The first-order chi connectivity index (χ1) is 9.25. The number of aromatic nitrogens is 1. The van der Waals surface area contributed by atoms with Gasteiger partial charge in [0, 0.05) is 42.0 Å². The van der Waals surface area contributed by atoms with Crippen molar-refractivity contribution in [2.75, 3.05) is 13.1 Å². The summed E-state index contributed by atoms with van der Waals surface area (Å²) in [7, 11) is 0. The third-order valence-corrected chi connectivity index (χ3v) is 4.31. The fraction of sp³-hybridized carbons (Fsp3) is 0.400. The summed E-state index contributed by atoms with van der Waals surface area (Å²) in [6.45, 7) is 1.28. The molecule has 1 aliphatic rings. The van der Waals surface area contributed by atoms with Crippen LogP contribution in [0.2, 0.25) is 0 Å². The molecule has 1 saturated heterocycles. The van der Waals surface area contributed by atoms with Gasteiger partial charge in [0.05, 0.1) is 0 Å². The number of carbonyl (C=O) groups is 1. The lowest BCUT2D eigenvalue weighted by Crippen LogP contribution is -2.35. The number of para-hydroxylation sites is 1. The van der Waals surface area contributed by atoms with Gasteiger partial charge in [0.1, 0.15) is 0 Å². The Kier molecular flexibility index (Phi) is 3.03. The molecule has 1 aromatic carbocycles. The fourth-order valence-corrected chi connectivity index (χ4v) is 3.10. The molecule has 1 fully saturated rings. The molecular weight excluding hydrogens is 238 g/mol. The maximum atomic E-state index is 11.6. The zero-order chi connectivity index (χ0) is 13.3. The van der Waals surface area contributed by atoms with Crippen molar-refractivity contribution in [3.8, 4) is 0 Å². The summed E-state index contributed by atoms with van der Waals surface area (Å²) < 4.78 is 0. The summed E-state index contributed by atoms with van der Waals surface area (Å²) in [6, 6.07) is 8.27. The maximum Gasteiger partial charge on any atom is 0.220 e. The van der Waals surface area contributed by atoms with Gasteiger partial charge in [0.25, 0.3) is 0 Å². The molecule has 1 unspecified atom stereocenters. The van der Waals surface area contributed by atoms with E-state index in [4.69, 9.17) is 5.73 Å². The smallest absolute Gasteiger partial charge is 0.220 e. The van der Waals surface area contributed by atoms with Crippen LogP contribution in [0.1, 0.15) is 24.8 Å². The van der Waals surface area contributed by atoms with Crippen molar-refractivity contribution >= 4 is 16.8 Å². The molecule has 4 heteroatoms. The Morgan fingerprint density at radius 2 is 2.11 bits per heavy atom. The number of carbonyl (C=O) groups excluding carboxylic acids is 1. The van der Waals surface area contributed by atoms with E-state index in [1.165, 1.54) is 10.9 Å². The van der Waals surface area contributed by atoms with Crippen LogP contribution in [-0.4, -0.2) is 24.0 Å². The van der Waals surface area contributed by atoms with Gasteiger partial charge >= 0.3 is 0 Å². The first-order valence-corrected chi connectivity index (χ1v) is 6.78. The average molecular weight is 257 g/mol. The van der Waals surface area contributed by atoms with Crippen LogP contribution in [-0.2, 0) is 10.2 Å². The number of fused-ring (bicyclic) bond motifs is 1. The third kappa shape index (κ3) is 2.02. The van der Waals surface area contributed by atoms with E-state index in [0.717, 1.165) is 18.4 Å². The summed E-state index contributed by atoms with van der Waals surface area (Å²) in [5.74, 6) is 0.134. The summed E-state index contributed by atoms with van der Waals surface area (Å²) in [5, 5.41) is 4.16. The van der Waals surface area contributed by atoms with E-state index in [9.17, 15) is 4.79 Å². The first kappa shape index (κ1) is 12.2. The number of aromatic amines is 1. The molecule has 0 saturated carbocycles. The van der Waals surface area contributed by atoms with Crippen molar-refractivity contribution in [3.63, 3.8) is 0 Å². The fourth-order valence-electron chi connectivity index (χ4n) is 3.10. The van der Waals surface area contributed by atoms with Crippen molar-refractivity contribution in [2.24, 2.45) is 5.73 Å². The molecule has 2 aromatic rings. The first-order valence-electron chi connectivity index (χ1n) is 6.78. The van der Waals surface area contributed by atoms with Crippen molar-refractivity contribution in [2.45, 2.75) is 24.7 Å². The monoisotopic (exact) mass is 257 g/mol. The molecule has 100 valence electrons. The third-order valence-electron chi connectivity index (χ3n) is 4.31. The SMILES string of the molecule is NCC1(c2c[nH]c3ccccc23)CCNC(=O)CC1. The Hall–Kier alpha value is -1.81. The van der Waals surface area contributed by atoms with E-state index in [2.05, 4.69) is 28.6 Å². The number of rotatable bonds is 2. The van der Waals surface area contributed by atoms with Gasteiger partial charge in [-0.2, -0.15) is 0 Å². The van der Waals surface area contributed by atoms with Gasteiger partial charge in [-0.15, -0.1) is 0 Å². The van der Waals surface area contributed by atoms with Gasteiger partial charge in [-0.3, -0.25) is 4.79 Å². The topological polar surface area (TPSA) is 70.9 Å². The Balaban J connectivity index is 2.08. The lowest BCUT2D eigenvalue weighted by Gasteiger charge is -2.30. The second kappa shape index (κ2) is 4.70. The van der Waals surface area contributed by atoms with Crippen molar-refractivity contribution in [3.05, 3.63) is 36.0 Å². The van der Waals surface area contributed by atoms with Crippen LogP contribution >= 0.6 is 0 Å². The highest BCUT2D eigenvalue weighted by Gasteiger charge is 2.35. The molecule has 0 radical (unpaired) electrons. The summed E-state index contributed by atoms with van der Waals surface area (Å²) >= 11 is 0. The Bertz CT molecular complexity index is 604. The molecule has 19 heavy (non-hydrogen) atoms. The van der Waals surface area contributed by atoms with Crippen LogP contribution in [0, 0.1) is 0 Å². The van der Waals surface area contributed by atoms with E-state index in [-0.39, 0.29) is 11.3 Å². The molecular formula is C15H19N3O. The van der Waals surface area contributed by atoms with E-state index in [1.807, 2.05) is 12.1 Å². The Labute approximate surface area is 112 Å². The maximum absolute atomic E-state index is 11.6. The molecule has 1 aliphatic heterocycles. The lowest BCUT2D eigenvalue weighted by atomic mass is 9.74. The second-order valence-corrected chi connectivity index (χ2v) is 5.33.